The Balaban J connectivity index is 1.54. The maximum absolute atomic E-state index is 6.08. The van der Waals surface area contributed by atoms with Crippen LogP contribution in [0, 0.1) is 0 Å². The molecule has 0 bridgehead atoms. The number of halogens is 2. The maximum Gasteiger partial charge on any atom is 0.153 e. The Labute approximate surface area is 157 Å². The largest absolute Gasteiger partial charge is 0.365 e. The van der Waals surface area contributed by atoms with E-state index in [1.165, 1.54) is 37.8 Å². The lowest BCUT2D eigenvalue weighted by Crippen LogP contribution is -2.10. The van der Waals surface area contributed by atoms with Crippen molar-refractivity contribution in [1.82, 2.24) is 14.6 Å². The first kappa shape index (κ1) is 16.7. The van der Waals surface area contributed by atoms with Crippen LogP contribution in [0.25, 0.3) is 5.65 Å². The molecule has 1 N–H and O–H groups in total. The van der Waals surface area contributed by atoms with Crippen LogP contribution >= 0.6 is 23.2 Å². The van der Waals surface area contributed by atoms with Gasteiger partial charge >= 0.3 is 0 Å². The Morgan fingerprint density at radius 1 is 1.04 bits per heavy atom. The number of fused-ring (bicyclic) bond motifs is 1. The summed E-state index contributed by atoms with van der Waals surface area (Å²) in [6.07, 6.45) is 8.39. The topological polar surface area (TPSA) is 42.2 Å². The smallest absolute Gasteiger partial charge is 0.153 e. The molecule has 4 rings (SSSR count). The van der Waals surface area contributed by atoms with Crippen molar-refractivity contribution in [2.24, 2.45) is 0 Å². The monoisotopic (exact) mass is 374 g/mol. The van der Waals surface area contributed by atoms with Crippen molar-refractivity contribution < 1.29 is 0 Å². The van der Waals surface area contributed by atoms with E-state index in [1.54, 1.807) is 0 Å². The van der Waals surface area contributed by atoms with Gasteiger partial charge in [-0.1, -0.05) is 48.5 Å². The Bertz CT molecular complexity index is 884. The van der Waals surface area contributed by atoms with E-state index in [1.807, 2.05) is 41.0 Å². The van der Waals surface area contributed by atoms with E-state index in [2.05, 4.69) is 10.3 Å². The number of nitrogens with one attached hydrogen (secondary N) is 1. The lowest BCUT2D eigenvalue weighted by Gasteiger charge is -2.20. The molecule has 0 amide bonds. The van der Waals surface area contributed by atoms with Crippen LogP contribution in [-0.2, 0) is 6.54 Å². The average molecular weight is 375 g/mol. The van der Waals surface area contributed by atoms with Gasteiger partial charge in [0, 0.05) is 12.5 Å². The van der Waals surface area contributed by atoms with Crippen LogP contribution in [0.15, 0.2) is 36.5 Å². The number of hydrogen-bond donors (Lipinski definition) is 1. The van der Waals surface area contributed by atoms with Crippen LogP contribution in [-0.4, -0.2) is 14.6 Å². The highest BCUT2D eigenvalue weighted by Gasteiger charge is 2.19. The van der Waals surface area contributed by atoms with Gasteiger partial charge in [-0.3, -0.25) is 0 Å². The van der Waals surface area contributed by atoms with Gasteiger partial charge in [0.05, 0.1) is 21.9 Å². The molecule has 25 heavy (non-hydrogen) atoms. The Hall–Kier alpha value is -1.78. The Kier molecular flexibility index (Phi) is 4.82. The molecule has 1 aliphatic carbocycles. The summed E-state index contributed by atoms with van der Waals surface area (Å²) in [6, 6.07) is 9.63. The normalized spacial score (nSPS) is 15.6. The van der Waals surface area contributed by atoms with Crippen LogP contribution in [0.1, 0.15) is 49.3 Å². The van der Waals surface area contributed by atoms with Crippen LogP contribution in [0.5, 0.6) is 0 Å². The zero-order valence-corrected chi connectivity index (χ0v) is 15.4. The molecule has 1 fully saturated rings. The van der Waals surface area contributed by atoms with Crippen LogP contribution in [0.4, 0.5) is 5.82 Å². The fourth-order valence-electron chi connectivity index (χ4n) is 3.50. The number of benzene rings is 1. The van der Waals surface area contributed by atoms with Gasteiger partial charge in [-0.25, -0.2) is 9.50 Å². The number of imidazole rings is 1. The van der Waals surface area contributed by atoms with Gasteiger partial charge in [0.15, 0.2) is 5.65 Å². The van der Waals surface area contributed by atoms with Gasteiger partial charge in [-0.05, 0) is 42.7 Å². The second-order valence-electron chi connectivity index (χ2n) is 6.61. The van der Waals surface area contributed by atoms with Crippen LogP contribution in [0.2, 0.25) is 10.0 Å². The molecule has 130 valence electrons. The fourth-order valence-corrected chi connectivity index (χ4v) is 3.82. The summed E-state index contributed by atoms with van der Waals surface area (Å²) in [6.45, 7) is 0.642. The van der Waals surface area contributed by atoms with E-state index in [0.29, 0.717) is 22.5 Å². The highest BCUT2D eigenvalue weighted by Crippen LogP contribution is 2.32. The quantitative estimate of drug-likeness (QED) is 0.636. The molecule has 1 aromatic carbocycles. The minimum Gasteiger partial charge on any atom is -0.365 e. The standard InChI is InChI=1S/C19H20Cl2N4/c20-15-7-6-13(10-16(15)21)11-22-18-8-9-19-23-12-17(25(19)24-18)14-4-2-1-3-5-14/h6-10,12,14H,1-5,11H2,(H,22,24). The second-order valence-corrected chi connectivity index (χ2v) is 7.42. The molecule has 3 aromatic rings. The van der Waals surface area contributed by atoms with Gasteiger partial charge in [0.2, 0.25) is 0 Å². The van der Waals surface area contributed by atoms with Gasteiger partial charge in [0.25, 0.3) is 0 Å². The Morgan fingerprint density at radius 3 is 2.68 bits per heavy atom. The molecule has 1 aliphatic rings. The molecule has 2 heterocycles. The summed E-state index contributed by atoms with van der Waals surface area (Å²) in [5.41, 5.74) is 3.20. The first-order valence-electron chi connectivity index (χ1n) is 8.73. The summed E-state index contributed by atoms with van der Waals surface area (Å²) >= 11 is 12.0. The molecule has 0 aliphatic heterocycles. The van der Waals surface area contributed by atoms with Crippen molar-refractivity contribution in [3.8, 4) is 0 Å². The predicted molar refractivity (Wildman–Crippen MR) is 103 cm³/mol. The SMILES string of the molecule is Clc1ccc(CNc2ccc3ncc(C4CCCCC4)n3n2)cc1Cl. The molecular weight excluding hydrogens is 355 g/mol. The fraction of sp³-hybridized carbons (Fsp3) is 0.368. The predicted octanol–water partition coefficient (Wildman–Crippen LogP) is 5.70. The number of anilines is 1. The minimum absolute atomic E-state index is 0.568. The molecule has 0 unspecified atom stereocenters. The average Bonchev–Trinajstić information content (AvgIpc) is 3.06. The van der Waals surface area contributed by atoms with Gasteiger partial charge < -0.3 is 5.32 Å². The number of hydrogen-bond acceptors (Lipinski definition) is 3. The summed E-state index contributed by atoms with van der Waals surface area (Å²) < 4.78 is 1.99. The number of nitrogens with zero attached hydrogens (tertiary/aromatic N) is 3. The van der Waals surface area contributed by atoms with Crippen molar-refractivity contribution in [3.63, 3.8) is 0 Å². The van der Waals surface area contributed by atoms with Crippen molar-refractivity contribution in [2.45, 2.75) is 44.6 Å². The van der Waals surface area contributed by atoms with Crippen molar-refractivity contribution >= 4 is 34.7 Å². The molecule has 2 aromatic heterocycles. The van der Waals surface area contributed by atoms with E-state index >= 15 is 0 Å². The number of rotatable bonds is 4. The van der Waals surface area contributed by atoms with Crippen molar-refractivity contribution in [3.05, 3.63) is 57.8 Å². The first-order chi connectivity index (χ1) is 12.2. The van der Waals surface area contributed by atoms with E-state index < -0.39 is 0 Å². The first-order valence-corrected chi connectivity index (χ1v) is 9.49. The lowest BCUT2D eigenvalue weighted by molar-refractivity contribution is 0.432. The minimum atomic E-state index is 0.568. The molecule has 4 nitrogen and oxygen atoms in total. The van der Waals surface area contributed by atoms with Crippen molar-refractivity contribution in [2.75, 3.05) is 5.32 Å². The number of aromatic nitrogens is 3. The summed E-state index contributed by atoms with van der Waals surface area (Å²) in [5, 5.41) is 9.25. The third kappa shape index (κ3) is 3.60. The van der Waals surface area contributed by atoms with E-state index in [9.17, 15) is 0 Å². The maximum atomic E-state index is 6.08. The van der Waals surface area contributed by atoms with E-state index in [0.717, 1.165) is 17.0 Å². The van der Waals surface area contributed by atoms with E-state index in [-0.39, 0.29) is 0 Å². The van der Waals surface area contributed by atoms with Crippen LogP contribution in [0.3, 0.4) is 0 Å². The van der Waals surface area contributed by atoms with Gasteiger partial charge in [-0.15, -0.1) is 5.10 Å². The van der Waals surface area contributed by atoms with Crippen LogP contribution < -0.4 is 5.32 Å². The molecule has 0 radical (unpaired) electrons. The third-order valence-corrected chi connectivity index (χ3v) is 5.61. The zero-order chi connectivity index (χ0) is 17.2. The summed E-state index contributed by atoms with van der Waals surface area (Å²) in [5.74, 6) is 1.40. The second kappa shape index (κ2) is 7.22. The highest BCUT2D eigenvalue weighted by atomic mass is 35.5. The molecule has 1 saturated carbocycles. The zero-order valence-electron chi connectivity index (χ0n) is 13.9. The molecule has 0 saturated heterocycles. The Morgan fingerprint density at radius 2 is 1.88 bits per heavy atom. The molecular formula is C19H20Cl2N4. The molecule has 0 atom stereocenters. The third-order valence-electron chi connectivity index (χ3n) is 4.87. The van der Waals surface area contributed by atoms with Gasteiger partial charge in [-0.2, -0.15) is 0 Å². The van der Waals surface area contributed by atoms with Gasteiger partial charge in [0.1, 0.15) is 5.82 Å². The van der Waals surface area contributed by atoms with Crippen molar-refractivity contribution in [1.29, 1.82) is 0 Å². The summed E-state index contributed by atoms with van der Waals surface area (Å²) in [4.78, 5) is 4.52. The van der Waals surface area contributed by atoms with E-state index in [4.69, 9.17) is 28.3 Å². The lowest BCUT2D eigenvalue weighted by atomic mass is 9.87. The highest BCUT2D eigenvalue weighted by molar-refractivity contribution is 6.42. The molecule has 0 spiro atoms. The molecule has 6 heteroatoms. The summed E-state index contributed by atoms with van der Waals surface area (Å²) in [7, 11) is 0.